The first-order valence-electron chi connectivity index (χ1n) is 10.3. The summed E-state index contributed by atoms with van der Waals surface area (Å²) in [7, 11) is 0. The molecule has 30 heavy (non-hydrogen) atoms. The van der Waals surface area contributed by atoms with Gasteiger partial charge < -0.3 is 15.2 Å². The molecule has 0 fully saturated rings. The second kappa shape index (κ2) is 8.14. The van der Waals surface area contributed by atoms with E-state index in [1.807, 2.05) is 44.2 Å². The third-order valence-electron chi connectivity index (χ3n) is 5.70. The Kier molecular flexibility index (Phi) is 5.40. The molecule has 0 unspecified atom stereocenters. The first-order chi connectivity index (χ1) is 14.5. The van der Waals surface area contributed by atoms with E-state index < -0.39 is 0 Å². The number of amides is 2. The molecule has 1 aliphatic rings. The van der Waals surface area contributed by atoms with E-state index in [2.05, 4.69) is 29.4 Å². The van der Waals surface area contributed by atoms with Gasteiger partial charge in [0.1, 0.15) is 5.82 Å². The van der Waals surface area contributed by atoms with Gasteiger partial charge in [-0.25, -0.2) is 9.78 Å². The molecule has 2 amide bonds. The number of aromatic nitrogens is 2. The third-order valence-corrected chi connectivity index (χ3v) is 5.70. The van der Waals surface area contributed by atoms with Crippen LogP contribution in [0, 0.1) is 13.8 Å². The van der Waals surface area contributed by atoms with Crippen molar-refractivity contribution in [1.29, 1.82) is 0 Å². The molecule has 0 saturated heterocycles. The van der Waals surface area contributed by atoms with E-state index in [-0.39, 0.29) is 18.1 Å². The Bertz CT molecular complexity index is 1130. The van der Waals surface area contributed by atoms with Crippen LogP contribution in [-0.4, -0.2) is 27.4 Å². The fourth-order valence-corrected chi connectivity index (χ4v) is 3.83. The number of carbonyl (C=O) groups excluding carboxylic acids is 1. The summed E-state index contributed by atoms with van der Waals surface area (Å²) in [4.78, 5) is 34.8. The summed E-state index contributed by atoms with van der Waals surface area (Å²) in [5.74, 6) is 0.579. The Labute approximate surface area is 176 Å². The number of benzene rings is 2. The summed E-state index contributed by atoms with van der Waals surface area (Å²) in [6, 6.07) is 13.8. The minimum absolute atomic E-state index is 0.181. The van der Waals surface area contributed by atoms with Gasteiger partial charge in [-0.15, -0.1) is 0 Å². The highest BCUT2D eigenvalue weighted by molar-refractivity contribution is 5.91. The zero-order valence-electron chi connectivity index (χ0n) is 17.6. The van der Waals surface area contributed by atoms with Crippen molar-refractivity contribution >= 4 is 11.7 Å². The van der Waals surface area contributed by atoms with Crippen molar-refractivity contribution in [2.75, 3.05) is 11.9 Å². The normalized spacial score (nSPS) is 13.1. The van der Waals surface area contributed by atoms with E-state index in [0.717, 1.165) is 34.5 Å². The van der Waals surface area contributed by atoms with Gasteiger partial charge in [0.05, 0.1) is 17.8 Å². The van der Waals surface area contributed by atoms with Crippen LogP contribution >= 0.6 is 0 Å². The van der Waals surface area contributed by atoms with E-state index in [1.165, 1.54) is 5.56 Å². The van der Waals surface area contributed by atoms with Crippen LogP contribution in [-0.2, 0) is 19.4 Å². The maximum absolute atomic E-state index is 12.8. The average Bonchev–Trinajstić information content (AvgIpc) is 2.76. The summed E-state index contributed by atoms with van der Waals surface area (Å²) in [5.41, 5.74) is 6.13. The van der Waals surface area contributed by atoms with Crippen LogP contribution in [0.4, 0.5) is 10.5 Å². The number of rotatable bonds is 3. The fraction of sp³-hybridized carbons (Fsp3) is 0.292. The highest BCUT2D eigenvalue weighted by atomic mass is 16.2. The van der Waals surface area contributed by atoms with Gasteiger partial charge in [-0.3, -0.25) is 4.79 Å². The molecule has 2 aromatic carbocycles. The number of urea groups is 1. The summed E-state index contributed by atoms with van der Waals surface area (Å²) in [6.45, 7) is 6.82. The standard InChI is InChI=1S/C24H26N4O2/c1-4-17-8-10-18(11-9-17)22-25-20-12-13-28(14-19(20)23(29)27-22)24(30)26-21-15(2)6-5-7-16(21)3/h5-11H,4,12-14H2,1-3H3,(H,26,30)(H,25,27,29). The minimum Gasteiger partial charge on any atom is -0.320 e. The predicted molar refractivity (Wildman–Crippen MR) is 119 cm³/mol. The molecule has 3 aromatic rings. The largest absolute Gasteiger partial charge is 0.322 e. The number of nitrogens with zero attached hydrogens (tertiary/aromatic N) is 2. The molecule has 6 heteroatoms. The number of nitrogens with one attached hydrogen (secondary N) is 2. The highest BCUT2D eigenvalue weighted by Crippen LogP contribution is 2.22. The van der Waals surface area contributed by atoms with Gasteiger partial charge in [-0.1, -0.05) is 49.4 Å². The quantitative estimate of drug-likeness (QED) is 0.689. The van der Waals surface area contributed by atoms with Gasteiger partial charge in [0, 0.05) is 24.2 Å². The number of hydrogen-bond acceptors (Lipinski definition) is 3. The van der Waals surface area contributed by atoms with E-state index >= 15 is 0 Å². The van der Waals surface area contributed by atoms with Crippen molar-refractivity contribution in [3.63, 3.8) is 0 Å². The number of H-pyrrole nitrogens is 1. The molecule has 0 aliphatic carbocycles. The Morgan fingerprint density at radius 3 is 2.50 bits per heavy atom. The molecule has 1 aliphatic heterocycles. The van der Waals surface area contributed by atoms with Gasteiger partial charge in [0.2, 0.25) is 0 Å². The Morgan fingerprint density at radius 2 is 1.83 bits per heavy atom. The molecule has 1 aromatic heterocycles. The van der Waals surface area contributed by atoms with Gasteiger partial charge >= 0.3 is 6.03 Å². The zero-order chi connectivity index (χ0) is 21.3. The topological polar surface area (TPSA) is 78.1 Å². The molecule has 2 N–H and O–H groups in total. The van der Waals surface area contributed by atoms with Gasteiger partial charge in [-0.2, -0.15) is 0 Å². The number of anilines is 1. The molecule has 6 nitrogen and oxygen atoms in total. The number of aryl methyl sites for hydroxylation is 3. The molecule has 0 atom stereocenters. The molecule has 154 valence electrons. The van der Waals surface area contributed by atoms with Crippen LogP contribution in [0.15, 0.2) is 47.3 Å². The van der Waals surface area contributed by atoms with Gasteiger partial charge in [0.15, 0.2) is 0 Å². The SMILES string of the molecule is CCc1ccc(-c2nc3c(c(=O)[nH]2)CN(C(=O)Nc2c(C)cccc2C)CC3)cc1. The summed E-state index contributed by atoms with van der Waals surface area (Å²) in [5, 5.41) is 3.00. The number of fused-ring (bicyclic) bond motifs is 1. The number of carbonyl (C=O) groups is 1. The molecule has 0 bridgehead atoms. The van der Waals surface area contributed by atoms with Crippen LogP contribution in [0.3, 0.4) is 0 Å². The van der Waals surface area contributed by atoms with Gasteiger partial charge in [0.25, 0.3) is 5.56 Å². The second-order valence-electron chi connectivity index (χ2n) is 7.76. The summed E-state index contributed by atoms with van der Waals surface area (Å²) in [6.07, 6.45) is 1.52. The first kappa shape index (κ1) is 19.9. The predicted octanol–water partition coefficient (Wildman–Crippen LogP) is 4.21. The third kappa shape index (κ3) is 3.85. The van der Waals surface area contributed by atoms with Crippen molar-refractivity contribution in [3.8, 4) is 11.4 Å². The van der Waals surface area contributed by atoms with Crippen LogP contribution in [0.5, 0.6) is 0 Å². The number of aromatic amines is 1. The lowest BCUT2D eigenvalue weighted by Crippen LogP contribution is -2.42. The maximum Gasteiger partial charge on any atom is 0.322 e. The monoisotopic (exact) mass is 402 g/mol. The second-order valence-corrected chi connectivity index (χ2v) is 7.76. The van der Waals surface area contributed by atoms with Crippen molar-refractivity contribution in [3.05, 3.63) is 80.8 Å². The van der Waals surface area contributed by atoms with Crippen molar-refractivity contribution in [1.82, 2.24) is 14.9 Å². The molecule has 0 saturated carbocycles. The van der Waals surface area contributed by atoms with E-state index in [1.54, 1.807) is 4.90 Å². The average molecular weight is 402 g/mol. The Morgan fingerprint density at radius 1 is 1.13 bits per heavy atom. The van der Waals surface area contributed by atoms with Crippen LogP contribution in [0.2, 0.25) is 0 Å². The molecular formula is C24H26N4O2. The zero-order valence-corrected chi connectivity index (χ0v) is 17.6. The Balaban J connectivity index is 1.55. The summed E-state index contributed by atoms with van der Waals surface area (Å²) >= 11 is 0. The molecule has 0 spiro atoms. The molecule has 2 heterocycles. The lowest BCUT2D eigenvalue weighted by atomic mass is 10.1. The van der Waals surface area contributed by atoms with Crippen LogP contribution in [0.25, 0.3) is 11.4 Å². The number of hydrogen-bond donors (Lipinski definition) is 2. The Hall–Kier alpha value is -3.41. The van der Waals surface area contributed by atoms with E-state index in [9.17, 15) is 9.59 Å². The summed E-state index contributed by atoms with van der Waals surface area (Å²) < 4.78 is 0. The van der Waals surface area contributed by atoms with Gasteiger partial charge in [-0.05, 0) is 37.0 Å². The maximum atomic E-state index is 12.8. The van der Waals surface area contributed by atoms with Crippen molar-refractivity contribution < 1.29 is 4.79 Å². The van der Waals surface area contributed by atoms with Crippen molar-refractivity contribution in [2.45, 2.75) is 40.2 Å². The molecule has 4 rings (SSSR count). The highest BCUT2D eigenvalue weighted by Gasteiger charge is 2.25. The fourth-order valence-electron chi connectivity index (χ4n) is 3.83. The van der Waals surface area contributed by atoms with E-state index in [0.29, 0.717) is 24.4 Å². The molecular weight excluding hydrogens is 376 g/mol. The first-order valence-corrected chi connectivity index (χ1v) is 10.3. The lowest BCUT2D eigenvalue weighted by molar-refractivity contribution is 0.205. The molecule has 0 radical (unpaired) electrons. The minimum atomic E-state index is -0.198. The van der Waals surface area contributed by atoms with Crippen molar-refractivity contribution in [2.24, 2.45) is 0 Å². The van der Waals surface area contributed by atoms with Crippen LogP contribution < -0.4 is 10.9 Å². The van der Waals surface area contributed by atoms with Crippen LogP contribution in [0.1, 0.15) is 34.9 Å². The smallest absolute Gasteiger partial charge is 0.320 e. The number of para-hydroxylation sites is 1. The van der Waals surface area contributed by atoms with E-state index in [4.69, 9.17) is 4.98 Å². The lowest BCUT2D eigenvalue weighted by Gasteiger charge is -2.28.